The average molecular weight is 184 g/mol. The van der Waals surface area contributed by atoms with Crippen molar-refractivity contribution < 1.29 is 4.79 Å². The predicted molar refractivity (Wildman–Crippen MR) is 43.1 cm³/mol. The number of aromatic nitrogens is 2. The lowest BCUT2D eigenvalue weighted by Crippen LogP contribution is -2.32. The smallest absolute Gasteiger partial charge is 0.270 e. The Balaban J connectivity index is 2.54. The summed E-state index contributed by atoms with van der Waals surface area (Å²) in [5.74, 6) is -0.166. The van der Waals surface area contributed by atoms with E-state index in [1.165, 1.54) is 0 Å². The molecule has 0 saturated heterocycles. The third-order valence-electron chi connectivity index (χ3n) is 1.73. The maximum atomic E-state index is 11.2. The molecule has 0 atom stereocenters. The highest BCUT2D eigenvalue weighted by Gasteiger charge is 2.18. The zero-order valence-electron chi connectivity index (χ0n) is 6.17. The summed E-state index contributed by atoms with van der Waals surface area (Å²) in [4.78, 5) is 18.8. The molecule has 2 rings (SSSR count). The molecule has 4 nitrogen and oxygen atoms in total. The second-order valence-corrected chi connectivity index (χ2v) is 2.86. The second-order valence-electron chi connectivity index (χ2n) is 2.52. The van der Waals surface area contributed by atoms with Crippen molar-refractivity contribution in [2.75, 3.05) is 6.54 Å². The van der Waals surface area contributed by atoms with Crippen LogP contribution in [0, 0.1) is 0 Å². The van der Waals surface area contributed by atoms with Gasteiger partial charge in [-0.2, -0.15) is 0 Å². The van der Waals surface area contributed by atoms with Gasteiger partial charge in [-0.05, 0) is 18.0 Å². The van der Waals surface area contributed by atoms with Crippen LogP contribution in [0.2, 0.25) is 5.28 Å². The summed E-state index contributed by atoms with van der Waals surface area (Å²) in [6.45, 7) is 0.650. The molecule has 0 fully saturated rings. The number of nitrogens with one attached hydrogen (secondary N) is 1. The van der Waals surface area contributed by atoms with Crippen molar-refractivity contribution in [3.8, 4) is 0 Å². The van der Waals surface area contributed by atoms with E-state index < -0.39 is 0 Å². The lowest BCUT2D eigenvalue weighted by molar-refractivity contribution is 0.0940. The first-order valence-electron chi connectivity index (χ1n) is 3.57. The molecule has 0 aromatic carbocycles. The third-order valence-corrected chi connectivity index (χ3v) is 1.91. The Morgan fingerprint density at radius 1 is 1.58 bits per heavy atom. The van der Waals surface area contributed by atoms with Gasteiger partial charge >= 0.3 is 0 Å². The van der Waals surface area contributed by atoms with Crippen molar-refractivity contribution >= 4 is 17.5 Å². The SMILES string of the molecule is O=C1NCCc2cnc(Cl)nc21. The molecular weight excluding hydrogens is 178 g/mol. The van der Waals surface area contributed by atoms with Crippen LogP contribution in [0.4, 0.5) is 0 Å². The van der Waals surface area contributed by atoms with Gasteiger partial charge in [0.15, 0.2) is 0 Å². The Morgan fingerprint density at radius 3 is 3.25 bits per heavy atom. The first kappa shape index (κ1) is 7.49. The largest absolute Gasteiger partial charge is 0.350 e. The van der Waals surface area contributed by atoms with Gasteiger partial charge in [-0.1, -0.05) is 0 Å². The summed E-state index contributed by atoms with van der Waals surface area (Å²) in [7, 11) is 0. The number of hydrogen-bond acceptors (Lipinski definition) is 3. The van der Waals surface area contributed by atoms with Crippen molar-refractivity contribution in [1.82, 2.24) is 15.3 Å². The number of rotatable bonds is 0. The topological polar surface area (TPSA) is 54.9 Å². The molecule has 62 valence electrons. The Labute approximate surface area is 74.0 Å². The molecule has 0 spiro atoms. The van der Waals surface area contributed by atoms with Crippen LogP contribution in [-0.4, -0.2) is 22.4 Å². The Hall–Kier alpha value is -1.16. The lowest BCUT2D eigenvalue weighted by atomic mass is 10.1. The zero-order valence-corrected chi connectivity index (χ0v) is 6.93. The van der Waals surface area contributed by atoms with Crippen LogP contribution < -0.4 is 5.32 Å². The van der Waals surface area contributed by atoms with E-state index in [-0.39, 0.29) is 11.2 Å². The number of carbonyl (C=O) groups excluding carboxylic acids is 1. The van der Waals surface area contributed by atoms with Gasteiger partial charge in [0, 0.05) is 18.3 Å². The first-order chi connectivity index (χ1) is 5.77. The van der Waals surface area contributed by atoms with Crippen LogP contribution in [0.15, 0.2) is 6.20 Å². The summed E-state index contributed by atoms with van der Waals surface area (Å²) in [5, 5.41) is 2.79. The highest BCUT2D eigenvalue weighted by Crippen LogP contribution is 2.11. The van der Waals surface area contributed by atoms with E-state index in [2.05, 4.69) is 15.3 Å². The minimum Gasteiger partial charge on any atom is -0.350 e. The van der Waals surface area contributed by atoms with Crippen molar-refractivity contribution in [2.24, 2.45) is 0 Å². The fourth-order valence-electron chi connectivity index (χ4n) is 1.16. The van der Waals surface area contributed by atoms with Crippen LogP contribution in [0.5, 0.6) is 0 Å². The standard InChI is InChI=1S/C7H6ClN3O/c8-7-10-3-4-1-2-9-6(12)5(4)11-7/h3H,1-2H2,(H,9,12). The zero-order chi connectivity index (χ0) is 8.55. The summed E-state index contributed by atoms with van der Waals surface area (Å²) >= 11 is 5.54. The van der Waals surface area contributed by atoms with Crippen molar-refractivity contribution in [3.05, 3.63) is 22.7 Å². The van der Waals surface area contributed by atoms with Gasteiger partial charge in [0.25, 0.3) is 5.91 Å². The normalized spacial score (nSPS) is 15.2. The molecular formula is C7H6ClN3O. The molecule has 0 radical (unpaired) electrons. The number of carbonyl (C=O) groups is 1. The maximum Gasteiger partial charge on any atom is 0.270 e. The van der Waals surface area contributed by atoms with Gasteiger partial charge in [0.2, 0.25) is 5.28 Å². The lowest BCUT2D eigenvalue weighted by Gasteiger charge is -2.13. The van der Waals surface area contributed by atoms with E-state index in [0.717, 1.165) is 12.0 Å². The Morgan fingerprint density at radius 2 is 2.42 bits per heavy atom. The molecule has 1 aliphatic rings. The fourth-order valence-corrected chi connectivity index (χ4v) is 1.29. The van der Waals surface area contributed by atoms with E-state index >= 15 is 0 Å². The van der Waals surface area contributed by atoms with Gasteiger partial charge in [0.1, 0.15) is 5.69 Å². The van der Waals surface area contributed by atoms with Crippen LogP contribution in [-0.2, 0) is 6.42 Å². The third kappa shape index (κ3) is 1.14. The molecule has 1 aliphatic heterocycles. The van der Waals surface area contributed by atoms with Crippen LogP contribution in [0.1, 0.15) is 16.1 Å². The molecule has 1 amide bonds. The maximum absolute atomic E-state index is 11.2. The molecule has 2 heterocycles. The predicted octanol–water partition coefficient (Wildman–Crippen LogP) is 0.416. The quantitative estimate of drug-likeness (QED) is 0.593. The van der Waals surface area contributed by atoms with Gasteiger partial charge in [0.05, 0.1) is 0 Å². The molecule has 5 heteroatoms. The van der Waals surface area contributed by atoms with Crippen molar-refractivity contribution in [1.29, 1.82) is 0 Å². The minimum absolute atomic E-state index is 0.116. The Kier molecular flexibility index (Phi) is 1.69. The molecule has 0 bridgehead atoms. The van der Waals surface area contributed by atoms with Crippen LogP contribution in [0.25, 0.3) is 0 Å². The van der Waals surface area contributed by atoms with E-state index in [9.17, 15) is 4.79 Å². The molecule has 12 heavy (non-hydrogen) atoms. The van der Waals surface area contributed by atoms with E-state index in [1.807, 2.05) is 0 Å². The fraction of sp³-hybridized carbons (Fsp3) is 0.286. The number of hydrogen-bond donors (Lipinski definition) is 1. The van der Waals surface area contributed by atoms with Crippen molar-refractivity contribution in [3.63, 3.8) is 0 Å². The highest BCUT2D eigenvalue weighted by atomic mass is 35.5. The van der Waals surface area contributed by atoms with Crippen LogP contribution >= 0.6 is 11.6 Å². The summed E-state index contributed by atoms with van der Waals surface area (Å²) in [6, 6.07) is 0. The highest BCUT2D eigenvalue weighted by molar-refractivity contribution is 6.28. The molecule has 0 unspecified atom stereocenters. The number of fused-ring (bicyclic) bond motifs is 1. The van der Waals surface area contributed by atoms with E-state index in [4.69, 9.17) is 11.6 Å². The number of amides is 1. The summed E-state index contributed by atoms with van der Waals surface area (Å²) < 4.78 is 0. The number of halogens is 1. The van der Waals surface area contributed by atoms with E-state index in [1.54, 1.807) is 6.20 Å². The molecule has 1 aromatic heterocycles. The minimum atomic E-state index is -0.166. The summed E-state index contributed by atoms with van der Waals surface area (Å²) in [6.07, 6.45) is 2.38. The number of nitrogens with zero attached hydrogens (tertiary/aromatic N) is 2. The van der Waals surface area contributed by atoms with Crippen molar-refractivity contribution in [2.45, 2.75) is 6.42 Å². The average Bonchev–Trinajstić information content (AvgIpc) is 2.07. The Bertz CT molecular complexity index is 339. The van der Waals surface area contributed by atoms with Gasteiger partial charge in [-0.25, -0.2) is 9.97 Å². The van der Waals surface area contributed by atoms with E-state index in [0.29, 0.717) is 12.2 Å². The molecule has 1 aromatic rings. The first-order valence-corrected chi connectivity index (χ1v) is 3.95. The van der Waals surface area contributed by atoms with Gasteiger partial charge < -0.3 is 5.32 Å². The van der Waals surface area contributed by atoms with Gasteiger partial charge in [-0.3, -0.25) is 4.79 Å². The molecule has 0 aliphatic carbocycles. The monoisotopic (exact) mass is 183 g/mol. The molecule has 1 N–H and O–H groups in total. The summed E-state index contributed by atoms with van der Waals surface area (Å²) in [5.41, 5.74) is 1.27. The van der Waals surface area contributed by atoms with Gasteiger partial charge in [-0.15, -0.1) is 0 Å². The second kappa shape index (κ2) is 2.71. The van der Waals surface area contributed by atoms with Crippen LogP contribution in [0.3, 0.4) is 0 Å². The molecule has 0 saturated carbocycles.